The average Bonchev–Trinajstić information content (AvgIpc) is 3.33. The van der Waals surface area contributed by atoms with Crippen molar-refractivity contribution in [2.24, 2.45) is 0 Å². The predicted octanol–water partition coefficient (Wildman–Crippen LogP) is 3.72. The van der Waals surface area contributed by atoms with Crippen molar-refractivity contribution >= 4 is 0 Å². The number of hydrogen-bond acceptors (Lipinski definition) is 4. The largest absolute Gasteiger partial charge is 0.336 e. The van der Waals surface area contributed by atoms with Gasteiger partial charge in [0.1, 0.15) is 5.69 Å². The van der Waals surface area contributed by atoms with Crippen LogP contribution >= 0.6 is 0 Å². The molecular weight excluding hydrogens is 338 g/mol. The lowest BCUT2D eigenvalue weighted by atomic mass is 10.2. The van der Waals surface area contributed by atoms with Crippen LogP contribution in [0, 0.1) is 0 Å². The lowest BCUT2D eigenvalue weighted by Gasteiger charge is -2.02. The highest BCUT2D eigenvalue weighted by molar-refractivity contribution is 5.57. The number of pyridine rings is 1. The number of imidazole rings is 1. The van der Waals surface area contributed by atoms with E-state index in [2.05, 4.69) is 25.3 Å². The second-order valence-corrected chi connectivity index (χ2v) is 5.70. The predicted molar refractivity (Wildman–Crippen MR) is 91.3 cm³/mol. The maximum absolute atomic E-state index is 12.6. The Morgan fingerprint density at radius 3 is 2.50 bits per heavy atom. The number of rotatable bonds is 5. The van der Waals surface area contributed by atoms with Gasteiger partial charge in [-0.25, -0.2) is 18.4 Å². The van der Waals surface area contributed by atoms with Crippen molar-refractivity contribution in [3.05, 3.63) is 72.4 Å². The lowest BCUT2D eigenvalue weighted by molar-refractivity contribution is 0.141. The maximum atomic E-state index is 12.6. The highest BCUT2D eigenvalue weighted by Gasteiger charge is 2.12. The number of aromatic amines is 1. The molecule has 1 aromatic carbocycles. The van der Waals surface area contributed by atoms with Gasteiger partial charge in [0, 0.05) is 11.8 Å². The van der Waals surface area contributed by atoms with Gasteiger partial charge in [0.15, 0.2) is 5.82 Å². The van der Waals surface area contributed by atoms with E-state index in [9.17, 15) is 8.78 Å². The van der Waals surface area contributed by atoms with Crippen LogP contribution in [0.1, 0.15) is 17.8 Å². The summed E-state index contributed by atoms with van der Waals surface area (Å²) in [5.41, 5.74) is 3.73. The van der Waals surface area contributed by atoms with Crippen molar-refractivity contribution in [3.8, 4) is 22.6 Å². The minimum atomic E-state index is -2.63. The molecule has 0 saturated carbocycles. The van der Waals surface area contributed by atoms with Crippen molar-refractivity contribution in [2.45, 2.75) is 13.0 Å². The third-order valence-corrected chi connectivity index (χ3v) is 3.86. The highest BCUT2D eigenvalue weighted by atomic mass is 19.3. The quantitative estimate of drug-likeness (QED) is 0.594. The molecule has 0 amide bonds. The van der Waals surface area contributed by atoms with Crippen molar-refractivity contribution in [2.75, 3.05) is 0 Å². The second kappa shape index (κ2) is 6.83. The van der Waals surface area contributed by atoms with Gasteiger partial charge in [-0.15, -0.1) is 5.10 Å². The van der Waals surface area contributed by atoms with Gasteiger partial charge in [0.05, 0.1) is 30.3 Å². The summed E-state index contributed by atoms with van der Waals surface area (Å²) in [4.78, 5) is 10.5. The molecule has 4 aromatic rings. The molecule has 6 nitrogen and oxygen atoms in total. The summed E-state index contributed by atoms with van der Waals surface area (Å²) >= 11 is 0. The van der Waals surface area contributed by atoms with Crippen LogP contribution in [0.3, 0.4) is 0 Å². The number of nitrogens with zero attached hydrogens (tertiary/aromatic N) is 5. The average molecular weight is 352 g/mol. The standard InChI is InChI=1S/C18H14F2N6/c19-17(20)18-22-9-15(23-18)14-7-6-12(8-21-14)10-26-11-16(24-25-26)13-4-2-1-3-5-13/h1-9,11,17H,10H2,(H,22,23). The molecule has 0 saturated heterocycles. The molecular formula is C18H14F2N6. The Hall–Kier alpha value is -3.42. The third-order valence-electron chi connectivity index (χ3n) is 3.86. The van der Waals surface area contributed by atoms with Crippen molar-refractivity contribution in [1.29, 1.82) is 0 Å². The summed E-state index contributed by atoms with van der Waals surface area (Å²) in [5.74, 6) is -0.359. The van der Waals surface area contributed by atoms with Gasteiger partial charge in [0.25, 0.3) is 6.43 Å². The molecule has 26 heavy (non-hydrogen) atoms. The van der Waals surface area contributed by atoms with Crippen LogP contribution in [-0.4, -0.2) is 29.9 Å². The van der Waals surface area contributed by atoms with Crippen molar-refractivity contribution in [1.82, 2.24) is 29.9 Å². The first-order valence-electron chi connectivity index (χ1n) is 7.93. The molecule has 130 valence electrons. The molecule has 0 fully saturated rings. The van der Waals surface area contributed by atoms with Gasteiger partial charge in [-0.3, -0.25) is 4.98 Å². The normalized spacial score (nSPS) is 11.2. The zero-order chi connectivity index (χ0) is 17.9. The first-order chi connectivity index (χ1) is 12.7. The Morgan fingerprint density at radius 2 is 1.81 bits per heavy atom. The molecule has 0 aliphatic rings. The number of alkyl halides is 2. The number of aromatic nitrogens is 6. The van der Waals surface area contributed by atoms with E-state index in [0.717, 1.165) is 16.8 Å². The van der Waals surface area contributed by atoms with Gasteiger partial charge >= 0.3 is 0 Å². The van der Waals surface area contributed by atoms with E-state index >= 15 is 0 Å². The van der Waals surface area contributed by atoms with E-state index in [0.29, 0.717) is 17.9 Å². The highest BCUT2D eigenvalue weighted by Crippen LogP contribution is 2.20. The second-order valence-electron chi connectivity index (χ2n) is 5.70. The molecule has 4 rings (SSSR count). The van der Waals surface area contributed by atoms with Crippen LogP contribution in [0.25, 0.3) is 22.6 Å². The minimum Gasteiger partial charge on any atom is -0.336 e. The zero-order valence-corrected chi connectivity index (χ0v) is 13.5. The molecule has 0 unspecified atom stereocenters. The Labute approximate surface area is 147 Å². The van der Waals surface area contributed by atoms with Gasteiger partial charge in [-0.2, -0.15) is 0 Å². The van der Waals surface area contributed by atoms with Gasteiger partial charge in [-0.05, 0) is 11.6 Å². The van der Waals surface area contributed by atoms with Crippen LogP contribution in [0.5, 0.6) is 0 Å². The van der Waals surface area contributed by atoms with E-state index in [-0.39, 0.29) is 5.82 Å². The SMILES string of the molecule is FC(F)c1ncc(-c2ccc(Cn3cc(-c4ccccc4)nn3)cn2)[nH]1. The van der Waals surface area contributed by atoms with Crippen molar-refractivity contribution in [3.63, 3.8) is 0 Å². The fourth-order valence-electron chi connectivity index (χ4n) is 2.56. The molecule has 0 aliphatic carbocycles. The summed E-state index contributed by atoms with van der Waals surface area (Å²) in [6.07, 6.45) is 2.27. The van der Waals surface area contributed by atoms with E-state index in [1.165, 1.54) is 6.20 Å². The lowest BCUT2D eigenvalue weighted by Crippen LogP contribution is -2.01. The van der Waals surface area contributed by atoms with Crippen LogP contribution in [0.2, 0.25) is 0 Å². The van der Waals surface area contributed by atoms with Crippen LogP contribution in [-0.2, 0) is 6.54 Å². The minimum absolute atomic E-state index is 0.359. The zero-order valence-electron chi connectivity index (χ0n) is 13.5. The molecule has 0 radical (unpaired) electrons. The van der Waals surface area contributed by atoms with Crippen LogP contribution in [0.4, 0.5) is 8.78 Å². The number of benzene rings is 1. The number of hydrogen-bond donors (Lipinski definition) is 1. The van der Waals surface area contributed by atoms with E-state index in [4.69, 9.17) is 0 Å². The third kappa shape index (κ3) is 3.34. The molecule has 0 bridgehead atoms. The Morgan fingerprint density at radius 1 is 0.962 bits per heavy atom. The van der Waals surface area contributed by atoms with Gasteiger partial charge < -0.3 is 4.98 Å². The maximum Gasteiger partial charge on any atom is 0.295 e. The van der Waals surface area contributed by atoms with E-state index < -0.39 is 6.43 Å². The molecule has 3 heterocycles. The summed E-state index contributed by atoms with van der Waals surface area (Å²) in [6.45, 7) is 0.512. The summed E-state index contributed by atoms with van der Waals surface area (Å²) < 4.78 is 26.9. The molecule has 0 spiro atoms. The van der Waals surface area contributed by atoms with Gasteiger partial charge in [-0.1, -0.05) is 41.6 Å². The summed E-state index contributed by atoms with van der Waals surface area (Å²) in [5, 5.41) is 8.31. The first kappa shape index (κ1) is 16.1. The van der Waals surface area contributed by atoms with Crippen molar-refractivity contribution < 1.29 is 8.78 Å². The molecule has 3 aromatic heterocycles. The summed E-state index contributed by atoms with van der Waals surface area (Å²) in [6, 6.07) is 13.4. The summed E-state index contributed by atoms with van der Waals surface area (Å²) in [7, 11) is 0. The number of halogens is 2. The Bertz CT molecular complexity index is 992. The Kier molecular flexibility index (Phi) is 4.22. The Balaban J connectivity index is 1.48. The smallest absolute Gasteiger partial charge is 0.295 e. The monoisotopic (exact) mass is 352 g/mol. The number of H-pyrrole nitrogens is 1. The fraction of sp³-hybridized carbons (Fsp3) is 0.111. The van der Waals surface area contributed by atoms with Crippen LogP contribution < -0.4 is 0 Å². The number of nitrogens with one attached hydrogen (secondary N) is 1. The van der Waals surface area contributed by atoms with Crippen LogP contribution in [0.15, 0.2) is 61.1 Å². The van der Waals surface area contributed by atoms with Gasteiger partial charge in [0.2, 0.25) is 0 Å². The van der Waals surface area contributed by atoms with E-state index in [1.807, 2.05) is 42.6 Å². The fourth-order valence-corrected chi connectivity index (χ4v) is 2.56. The topological polar surface area (TPSA) is 72.3 Å². The molecule has 8 heteroatoms. The molecule has 1 N–H and O–H groups in total. The van der Waals surface area contributed by atoms with E-state index in [1.54, 1.807) is 16.9 Å². The molecule has 0 atom stereocenters. The molecule has 0 aliphatic heterocycles. The first-order valence-corrected chi connectivity index (χ1v) is 7.93.